The Hall–Kier alpha value is -2.39. The number of hydrogen-bond acceptors (Lipinski definition) is 5. The molecule has 0 aromatic heterocycles. The number of sulfonamides is 1. The second kappa shape index (κ2) is 8.63. The Balaban J connectivity index is 1.51. The van der Waals surface area contributed by atoms with Crippen molar-refractivity contribution >= 4 is 32.4 Å². The highest BCUT2D eigenvalue weighted by molar-refractivity contribution is 7.89. The number of fused-ring (bicyclic) bond motifs is 1. The van der Waals surface area contributed by atoms with Gasteiger partial charge in [-0.1, -0.05) is 23.7 Å². The van der Waals surface area contributed by atoms with E-state index < -0.39 is 15.8 Å². The first-order valence-corrected chi connectivity index (χ1v) is 11.6. The van der Waals surface area contributed by atoms with Crippen molar-refractivity contribution in [2.75, 3.05) is 33.3 Å². The van der Waals surface area contributed by atoms with Gasteiger partial charge in [0.25, 0.3) is 0 Å². The predicted molar refractivity (Wildman–Crippen MR) is 118 cm³/mol. The van der Waals surface area contributed by atoms with E-state index in [9.17, 15) is 17.9 Å². The molecule has 1 N–H and O–H groups in total. The number of aromatic hydroxyl groups is 1. The molecule has 9 heteroatoms. The molecule has 0 radical (unpaired) electrons. The minimum Gasteiger partial charge on any atom is -0.508 e. The Morgan fingerprint density at radius 1 is 1.06 bits per heavy atom. The van der Waals surface area contributed by atoms with Crippen LogP contribution in [0.2, 0.25) is 5.02 Å². The summed E-state index contributed by atoms with van der Waals surface area (Å²) in [5.74, 6) is 0.238. The zero-order valence-electron chi connectivity index (χ0n) is 16.9. The third kappa shape index (κ3) is 4.34. The Bertz CT molecular complexity index is 1230. The summed E-state index contributed by atoms with van der Waals surface area (Å²) in [5, 5.41) is 12.1. The summed E-state index contributed by atoms with van der Waals surface area (Å²) in [4.78, 5) is 2.07. The fraction of sp³-hybridized carbons (Fsp3) is 0.273. The topological polar surface area (TPSA) is 70.1 Å². The van der Waals surface area contributed by atoms with Crippen LogP contribution in [0, 0.1) is 5.82 Å². The van der Waals surface area contributed by atoms with Crippen LogP contribution < -0.4 is 4.74 Å². The normalized spacial score (nSPS) is 16.0. The van der Waals surface area contributed by atoms with Crippen LogP contribution in [0.5, 0.6) is 11.5 Å². The summed E-state index contributed by atoms with van der Waals surface area (Å²) in [6.07, 6.45) is 0. The van der Waals surface area contributed by atoms with E-state index in [4.69, 9.17) is 16.3 Å². The van der Waals surface area contributed by atoms with Gasteiger partial charge in [0, 0.05) is 38.3 Å². The molecule has 1 aliphatic rings. The van der Waals surface area contributed by atoms with Gasteiger partial charge in [0.2, 0.25) is 10.0 Å². The number of phenols is 1. The number of phenolic OH excluding ortho intramolecular Hbond substituents is 1. The predicted octanol–water partition coefficient (Wildman–Crippen LogP) is 3.85. The smallest absolute Gasteiger partial charge is 0.243 e. The fourth-order valence-corrected chi connectivity index (χ4v) is 5.47. The number of benzene rings is 3. The van der Waals surface area contributed by atoms with Crippen molar-refractivity contribution in [3.63, 3.8) is 0 Å². The average Bonchev–Trinajstić information content (AvgIpc) is 2.77. The van der Waals surface area contributed by atoms with Crippen LogP contribution in [0.15, 0.2) is 53.4 Å². The molecule has 0 aliphatic carbocycles. The van der Waals surface area contributed by atoms with Crippen LogP contribution in [0.3, 0.4) is 0 Å². The summed E-state index contributed by atoms with van der Waals surface area (Å²) in [6, 6.07) is 12.6. The number of piperazine rings is 1. The molecular weight excluding hydrogens is 443 g/mol. The molecule has 164 valence electrons. The first-order valence-electron chi connectivity index (χ1n) is 9.76. The lowest BCUT2D eigenvalue weighted by Crippen LogP contribution is -2.48. The Morgan fingerprint density at radius 3 is 2.45 bits per heavy atom. The molecule has 0 spiro atoms. The Morgan fingerprint density at radius 2 is 1.77 bits per heavy atom. The molecule has 0 bridgehead atoms. The molecule has 0 saturated carbocycles. The summed E-state index contributed by atoms with van der Waals surface area (Å²) >= 11 is 5.76. The maximum absolute atomic E-state index is 13.4. The van der Waals surface area contributed by atoms with Crippen molar-refractivity contribution in [2.24, 2.45) is 0 Å². The number of hydrogen-bond donors (Lipinski definition) is 1. The van der Waals surface area contributed by atoms with Crippen LogP contribution in [0.25, 0.3) is 10.8 Å². The van der Waals surface area contributed by atoms with Crippen molar-refractivity contribution < 1.29 is 22.7 Å². The third-order valence-electron chi connectivity index (χ3n) is 5.56. The van der Waals surface area contributed by atoms with E-state index in [-0.39, 0.29) is 28.8 Å². The molecule has 1 heterocycles. The first kappa shape index (κ1) is 21.8. The van der Waals surface area contributed by atoms with Gasteiger partial charge in [-0.05, 0) is 47.2 Å². The van der Waals surface area contributed by atoms with Gasteiger partial charge in [0.05, 0.1) is 17.0 Å². The quantitative estimate of drug-likeness (QED) is 0.621. The summed E-state index contributed by atoms with van der Waals surface area (Å²) in [6.45, 7) is 2.03. The average molecular weight is 465 g/mol. The SMILES string of the molecule is COc1ccc2ccc(O)c(CN3CCN(S(=O)(=O)c4ccc(F)c(Cl)c4)CC3)c2c1. The maximum Gasteiger partial charge on any atom is 0.243 e. The fourth-order valence-electron chi connectivity index (χ4n) is 3.78. The van der Waals surface area contributed by atoms with Crippen LogP contribution in [0.1, 0.15) is 5.56 Å². The molecule has 3 aromatic rings. The first-order chi connectivity index (χ1) is 14.8. The highest BCUT2D eigenvalue weighted by atomic mass is 35.5. The third-order valence-corrected chi connectivity index (χ3v) is 7.74. The molecule has 4 rings (SSSR count). The lowest BCUT2D eigenvalue weighted by molar-refractivity contribution is 0.180. The van der Waals surface area contributed by atoms with E-state index >= 15 is 0 Å². The van der Waals surface area contributed by atoms with Crippen molar-refractivity contribution in [2.45, 2.75) is 11.4 Å². The van der Waals surface area contributed by atoms with Crippen LogP contribution >= 0.6 is 11.6 Å². The Kier molecular flexibility index (Phi) is 6.07. The van der Waals surface area contributed by atoms with E-state index in [0.29, 0.717) is 25.4 Å². The van der Waals surface area contributed by atoms with E-state index in [2.05, 4.69) is 4.90 Å². The van der Waals surface area contributed by atoms with Crippen LogP contribution in [-0.4, -0.2) is 56.0 Å². The zero-order valence-corrected chi connectivity index (χ0v) is 18.5. The molecule has 1 aliphatic heterocycles. The van der Waals surface area contributed by atoms with E-state index in [1.807, 2.05) is 24.3 Å². The number of nitrogens with zero attached hydrogens (tertiary/aromatic N) is 2. The summed E-state index contributed by atoms with van der Waals surface area (Å²) in [7, 11) is -2.16. The van der Waals surface area contributed by atoms with Crippen molar-refractivity contribution in [1.82, 2.24) is 9.21 Å². The van der Waals surface area contributed by atoms with Gasteiger partial charge >= 0.3 is 0 Å². The molecule has 0 atom stereocenters. The zero-order chi connectivity index (χ0) is 22.2. The van der Waals surface area contributed by atoms with Crippen molar-refractivity contribution in [1.29, 1.82) is 0 Å². The van der Waals surface area contributed by atoms with Crippen LogP contribution in [-0.2, 0) is 16.6 Å². The van der Waals surface area contributed by atoms with Gasteiger partial charge in [-0.15, -0.1) is 0 Å². The second-order valence-electron chi connectivity index (χ2n) is 7.41. The second-order valence-corrected chi connectivity index (χ2v) is 9.75. The van der Waals surface area contributed by atoms with Gasteiger partial charge in [0.1, 0.15) is 17.3 Å². The number of methoxy groups -OCH3 is 1. The number of rotatable bonds is 5. The van der Waals surface area contributed by atoms with Gasteiger partial charge in [-0.2, -0.15) is 4.31 Å². The van der Waals surface area contributed by atoms with Gasteiger partial charge in [-0.25, -0.2) is 12.8 Å². The standard InChI is InChI=1S/C22H22ClFN2O4S/c1-30-16-4-2-15-3-7-22(27)19(18(15)12-16)14-25-8-10-26(11-9-25)31(28,29)17-5-6-21(24)20(23)13-17/h2-7,12-13,27H,8-11,14H2,1H3. The minimum atomic E-state index is -3.76. The maximum atomic E-state index is 13.4. The van der Waals surface area contributed by atoms with Crippen molar-refractivity contribution in [3.05, 3.63) is 64.9 Å². The molecule has 0 unspecified atom stereocenters. The largest absolute Gasteiger partial charge is 0.508 e. The molecule has 3 aromatic carbocycles. The Labute approximate surface area is 185 Å². The summed E-state index contributed by atoms with van der Waals surface area (Å²) < 4.78 is 45.9. The van der Waals surface area contributed by atoms with E-state index in [1.54, 1.807) is 13.2 Å². The molecule has 1 saturated heterocycles. The van der Waals surface area contributed by atoms with Gasteiger partial charge in [-0.3, -0.25) is 4.90 Å². The monoisotopic (exact) mass is 464 g/mol. The molecule has 31 heavy (non-hydrogen) atoms. The number of halogens is 2. The lowest BCUT2D eigenvalue weighted by atomic mass is 10.0. The van der Waals surface area contributed by atoms with Gasteiger partial charge in [0.15, 0.2) is 0 Å². The highest BCUT2D eigenvalue weighted by Crippen LogP contribution is 2.32. The minimum absolute atomic E-state index is 0.0221. The molecule has 0 amide bonds. The van der Waals surface area contributed by atoms with Crippen LogP contribution in [0.4, 0.5) is 4.39 Å². The van der Waals surface area contributed by atoms with E-state index in [1.165, 1.54) is 10.4 Å². The number of ether oxygens (including phenoxy) is 1. The molecule has 6 nitrogen and oxygen atoms in total. The molecule has 1 fully saturated rings. The molecular formula is C22H22ClFN2O4S. The van der Waals surface area contributed by atoms with Crippen molar-refractivity contribution in [3.8, 4) is 11.5 Å². The van der Waals surface area contributed by atoms with E-state index in [0.717, 1.165) is 28.5 Å². The lowest BCUT2D eigenvalue weighted by Gasteiger charge is -2.34. The van der Waals surface area contributed by atoms with Gasteiger partial charge < -0.3 is 9.84 Å². The summed E-state index contributed by atoms with van der Waals surface area (Å²) in [5.41, 5.74) is 0.776. The highest BCUT2D eigenvalue weighted by Gasteiger charge is 2.29.